The number of rotatable bonds is 9. The summed E-state index contributed by atoms with van der Waals surface area (Å²) in [4.78, 5) is 41.8. The van der Waals surface area contributed by atoms with Gasteiger partial charge in [-0.05, 0) is 56.5 Å². The first-order valence-electron chi connectivity index (χ1n) is 11.4. The second-order valence-electron chi connectivity index (χ2n) is 8.85. The third-order valence-corrected chi connectivity index (χ3v) is 5.70. The number of aryl methyl sites for hydroxylation is 2. The molecule has 1 aromatic carbocycles. The molecule has 3 atom stereocenters. The van der Waals surface area contributed by atoms with Crippen LogP contribution in [0.4, 0.5) is 4.39 Å². The summed E-state index contributed by atoms with van der Waals surface area (Å²) < 4.78 is 29.8. The van der Waals surface area contributed by atoms with Gasteiger partial charge in [0.2, 0.25) is 5.75 Å². The summed E-state index contributed by atoms with van der Waals surface area (Å²) in [7, 11) is 1.37. The van der Waals surface area contributed by atoms with Crippen molar-refractivity contribution in [2.45, 2.75) is 66.5 Å². The van der Waals surface area contributed by atoms with Crippen molar-refractivity contribution in [3.8, 4) is 11.5 Å². The normalized spacial score (nSPS) is 13.5. The van der Waals surface area contributed by atoms with Gasteiger partial charge in [-0.2, -0.15) is 0 Å². The molecule has 2 aromatic rings. The van der Waals surface area contributed by atoms with E-state index in [1.807, 2.05) is 20.8 Å². The standard InChI is InChI=1S/C26H33FN2O6/c1-13(2)25(31)35-23-20(33-8)9-10-28-22(23)24(30)29-17(6)26(32)34-18(7)16(5)21-14(3)11-19(27)12-15(21)4/h9-13,16-18H,1-8H3,(H,29,30)/t16?,17-,18?/m0/s1. The van der Waals surface area contributed by atoms with Crippen molar-refractivity contribution in [3.05, 3.63) is 52.6 Å². The van der Waals surface area contributed by atoms with Crippen LogP contribution in [0, 0.1) is 25.6 Å². The molecule has 2 rings (SSSR count). The minimum Gasteiger partial charge on any atom is -0.493 e. The van der Waals surface area contributed by atoms with E-state index < -0.39 is 35.9 Å². The van der Waals surface area contributed by atoms with Crippen LogP contribution in [0.25, 0.3) is 0 Å². The van der Waals surface area contributed by atoms with Crippen LogP contribution in [0.1, 0.15) is 67.7 Å². The predicted octanol–water partition coefficient (Wildman–Crippen LogP) is 4.26. The van der Waals surface area contributed by atoms with Gasteiger partial charge in [0.05, 0.1) is 13.0 Å². The summed E-state index contributed by atoms with van der Waals surface area (Å²) in [6.45, 7) is 12.0. The Balaban J connectivity index is 2.14. The largest absolute Gasteiger partial charge is 0.493 e. The topological polar surface area (TPSA) is 104 Å². The van der Waals surface area contributed by atoms with E-state index in [-0.39, 0.29) is 28.9 Å². The lowest BCUT2D eigenvalue weighted by molar-refractivity contribution is -0.151. The molecule has 0 saturated carbocycles. The highest BCUT2D eigenvalue weighted by Gasteiger charge is 2.28. The Labute approximate surface area is 205 Å². The van der Waals surface area contributed by atoms with Gasteiger partial charge in [-0.25, -0.2) is 14.2 Å². The zero-order valence-corrected chi connectivity index (χ0v) is 21.4. The Morgan fingerprint density at radius 2 is 1.60 bits per heavy atom. The molecule has 0 bridgehead atoms. The number of hydrogen-bond acceptors (Lipinski definition) is 7. The Morgan fingerprint density at radius 1 is 1.00 bits per heavy atom. The highest BCUT2D eigenvalue weighted by atomic mass is 19.1. The van der Waals surface area contributed by atoms with Crippen LogP contribution in [0.5, 0.6) is 11.5 Å². The van der Waals surface area contributed by atoms with Gasteiger partial charge in [0.25, 0.3) is 5.91 Å². The van der Waals surface area contributed by atoms with Gasteiger partial charge in [0, 0.05) is 18.2 Å². The predicted molar refractivity (Wildman–Crippen MR) is 128 cm³/mol. The number of nitrogens with one attached hydrogen (secondary N) is 1. The summed E-state index contributed by atoms with van der Waals surface area (Å²) in [5.41, 5.74) is 2.25. The minimum atomic E-state index is -1.02. The van der Waals surface area contributed by atoms with Crippen molar-refractivity contribution in [1.29, 1.82) is 0 Å². The van der Waals surface area contributed by atoms with Crippen LogP contribution in [0.2, 0.25) is 0 Å². The van der Waals surface area contributed by atoms with E-state index in [9.17, 15) is 18.8 Å². The molecule has 0 aliphatic heterocycles. The lowest BCUT2D eigenvalue weighted by Crippen LogP contribution is -2.41. The third kappa shape index (κ3) is 6.77. The van der Waals surface area contributed by atoms with Gasteiger partial charge in [-0.3, -0.25) is 9.59 Å². The summed E-state index contributed by atoms with van der Waals surface area (Å²) in [5.74, 6) is -2.89. The Bertz CT molecular complexity index is 1080. The summed E-state index contributed by atoms with van der Waals surface area (Å²) in [6, 6.07) is 3.33. The van der Waals surface area contributed by atoms with E-state index in [1.54, 1.807) is 20.8 Å². The number of esters is 2. The van der Waals surface area contributed by atoms with Gasteiger partial charge < -0.3 is 19.5 Å². The minimum absolute atomic E-state index is 0.129. The monoisotopic (exact) mass is 488 g/mol. The molecule has 0 fully saturated rings. The first-order chi connectivity index (χ1) is 16.4. The number of benzene rings is 1. The lowest BCUT2D eigenvalue weighted by atomic mass is 9.88. The van der Waals surface area contributed by atoms with E-state index >= 15 is 0 Å². The molecule has 8 nitrogen and oxygen atoms in total. The molecule has 0 spiro atoms. The number of pyridine rings is 1. The van der Waals surface area contributed by atoms with Crippen molar-refractivity contribution in [2.24, 2.45) is 5.92 Å². The van der Waals surface area contributed by atoms with Gasteiger partial charge in [0.15, 0.2) is 11.4 Å². The zero-order valence-electron chi connectivity index (χ0n) is 21.4. The fourth-order valence-electron chi connectivity index (χ4n) is 3.66. The van der Waals surface area contributed by atoms with Crippen molar-refractivity contribution >= 4 is 17.8 Å². The summed E-state index contributed by atoms with van der Waals surface area (Å²) in [6.07, 6.45) is 0.794. The SMILES string of the molecule is COc1ccnc(C(=O)N[C@@H](C)C(=O)OC(C)C(C)c2c(C)cc(F)cc2C)c1OC(=O)C(C)C. The van der Waals surface area contributed by atoms with Crippen LogP contribution in [-0.4, -0.2) is 42.1 Å². The Kier molecular flexibility index (Phi) is 9.33. The maximum Gasteiger partial charge on any atom is 0.328 e. The molecule has 1 aromatic heterocycles. The highest BCUT2D eigenvalue weighted by molar-refractivity contribution is 5.98. The highest BCUT2D eigenvalue weighted by Crippen LogP contribution is 2.31. The third-order valence-electron chi connectivity index (χ3n) is 5.70. The van der Waals surface area contributed by atoms with Crippen molar-refractivity contribution < 1.29 is 33.0 Å². The van der Waals surface area contributed by atoms with Crippen molar-refractivity contribution in [2.75, 3.05) is 7.11 Å². The van der Waals surface area contributed by atoms with E-state index in [4.69, 9.17) is 14.2 Å². The Morgan fingerprint density at radius 3 is 2.14 bits per heavy atom. The van der Waals surface area contributed by atoms with Crippen LogP contribution in [0.15, 0.2) is 24.4 Å². The van der Waals surface area contributed by atoms with Crippen LogP contribution < -0.4 is 14.8 Å². The van der Waals surface area contributed by atoms with Gasteiger partial charge in [-0.15, -0.1) is 0 Å². The number of amides is 1. The molecule has 0 aliphatic carbocycles. The number of aromatic nitrogens is 1. The molecule has 0 radical (unpaired) electrons. The molecular weight excluding hydrogens is 455 g/mol. The average Bonchev–Trinajstić information content (AvgIpc) is 2.77. The molecule has 35 heavy (non-hydrogen) atoms. The lowest BCUT2D eigenvalue weighted by Gasteiger charge is -2.25. The maximum atomic E-state index is 13.7. The number of ether oxygens (including phenoxy) is 3. The summed E-state index contributed by atoms with van der Waals surface area (Å²) >= 11 is 0. The second-order valence-corrected chi connectivity index (χ2v) is 8.85. The molecule has 1 N–H and O–H groups in total. The van der Waals surface area contributed by atoms with Crippen LogP contribution in [0.3, 0.4) is 0 Å². The van der Waals surface area contributed by atoms with Gasteiger partial charge in [-0.1, -0.05) is 20.8 Å². The number of nitrogens with zero attached hydrogens (tertiary/aromatic N) is 1. The maximum absolute atomic E-state index is 13.7. The number of hydrogen-bond donors (Lipinski definition) is 1. The number of halogens is 1. The fraction of sp³-hybridized carbons (Fsp3) is 0.462. The molecule has 1 amide bonds. The van der Waals surface area contributed by atoms with Crippen molar-refractivity contribution in [1.82, 2.24) is 10.3 Å². The van der Waals surface area contributed by atoms with E-state index in [2.05, 4.69) is 10.3 Å². The van der Waals surface area contributed by atoms with Gasteiger partial charge in [0.1, 0.15) is 18.0 Å². The second kappa shape index (κ2) is 11.8. The first-order valence-corrected chi connectivity index (χ1v) is 11.4. The van der Waals surface area contributed by atoms with Crippen LogP contribution in [-0.2, 0) is 14.3 Å². The average molecular weight is 489 g/mol. The summed E-state index contributed by atoms with van der Waals surface area (Å²) in [5, 5.41) is 2.53. The molecule has 0 saturated heterocycles. The van der Waals surface area contributed by atoms with Gasteiger partial charge >= 0.3 is 11.9 Å². The molecule has 190 valence electrons. The van der Waals surface area contributed by atoms with E-state index in [1.165, 1.54) is 38.4 Å². The number of carbonyl (C=O) groups is 3. The van der Waals surface area contributed by atoms with Crippen LogP contribution >= 0.6 is 0 Å². The first kappa shape index (κ1) is 27.8. The molecule has 2 unspecified atom stereocenters. The zero-order chi connectivity index (χ0) is 26.4. The van der Waals surface area contributed by atoms with E-state index in [0.717, 1.165) is 16.7 Å². The number of methoxy groups -OCH3 is 1. The molecular formula is C26H33FN2O6. The number of carbonyl (C=O) groups excluding carboxylic acids is 3. The quantitative estimate of drug-likeness (QED) is 0.526. The molecule has 0 aliphatic rings. The molecule has 1 heterocycles. The Hall–Kier alpha value is -3.49. The molecule has 9 heteroatoms. The van der Waals surface area contributed by atoms with E-state index in [0.29, 0.717) is 0 Å². The van der Waals surface area contributed by atoms with Crippen molar-refractivity contribution in [3.63, 3.8) is 0 Å². The smallest absolute Gasteiger partial charge is 0.328 e. The fourth-order valence-corrected chi connectivity index (χ4v) is 3.66.